The molecule has 1 atom stereocenters. The highest BCUT2D eigenvalue weighted by Gasteiger charge is 2.45. The molecule has 1 aliphatic carbocycles. The van der Waals surface area contributed by atoms with Crippen LogP contribution in [0.5, 0.6) is 0 Å². The Morgan fingerprint density at radius 3 is 2.50 bits per heavy atom. The van der Waals surface area contributed by atoms with E-state index in [1.165, 1.54) is 19.3 Å². The first-order valence-corrected chi connectivity index (χ1v) is 6.96. The number of carbonyl (C=O) groups is 1. The van der Waals surface area contributed by atoms with Gasteiger partial charge in [0.25, 0.3) is 0 Å². The van der Waals surface area contributed by atoms with Crippen LogP contribution in [-0.4, -0.2) is 40.9 Å². The summed E-state index contributed by atoms with van der Waals surface area (Å²) in [5.41, 5.74) is -0.149. The molecule has 0 bridgehead atoms. The van der Waals surface area contributed by atoms with Crippen LogP contribution in [0.15, 0.2) is 0 Å². The molecule has 1 saturated heterocycles. The van der Waals surface area contributed by atoms with E-state index in [9.17, 15) is 9.90 Å². The van der Waals surface area contributed by atoms with Gasteiger partial charge in [0.05, 0.1) is 12.6 Å². The molecule has 1 heterocycles. The average molecular weight is 255 g/mol. The summed E-state index contributed by atoms with van der Waals surface area (Å²) in [6.45, 7) is 6.42. The van der Waals surface area contributed by atoms with Gasteiger partial charge in [-0.2, -0.15) is 0 Å². The molecule has 1 spiro atoms. The fourth-order valence-electron chi connectivity index (χ4n) is 3.01. The van der Waals surface area contributed by atoms with Crippen LogP contribution in [0, 0.1) is 5.41 Å². The third-order valence-corrected chi connectivity index (χ3v) is 4.21. The lowest BCUT2D eigenvalue weighted by Crippen LogP contribution is -2.55. The molecule has 2 rings (SSSR count). The zero-order valence-electron chi connectivity index (χ0n) is 11.7. The van der Waals surface area contributed by atoms with Crippen LogP contribution in [0.3, 0.4) is 0 Å². The smallest absolute Gasteiger partial charge is 0.410 e. The van der Waals surface area contributed by atoms with E-state index in [0.29, 0.717) is 5.41 Å². The first-order chi connectivity index (χ1) is 8.35. The summed E-state index contributed by atoms with van der Waals surface area (Å²) in [7, 11) is 0. The second kappa shape index (κ2) is 4.72. The van der Waals surface area contributed by atoms with Gasteiger partial charge in [0.1, 0.15) is 5.60 Å². The lowest BCUT2D eigenvalue weighted by atomic mass is 9.63. The van der Waals surface area contributed by atoms with Crippen LogP contribution >= 0.6 is 0 Å². The Morgan fingerprint density at radius 1 is 1.39 bits per heavy atom. The number of nitrogens with zero attached hydrogens (tertiary/aromatic N) is 1. The van der Waals surface area contributed by atoms with Crippen LogP contribution in [0.25, 0.3) is 0 Å². The Balaban J connectivity index is 2.04. The van der Waals surface area contributed by atoms with Gasteiger partial charge < -0.3 is 14.7 Å². The van der Waals surface area contributed by atoms with Gasteiger partial charge in [-0.05, 0) is 51.9 Å². The summed E-state index contributed by atoms with van der Waals surface area (Å²) in [5.74, 6) is 0. The van der Waals surface area contributed by atoms with Crippen molar-refractivity contribution < 1.29 is 14.6 Å². The second-order valence-corrected chi connectivity index (χ2v) is 6.84. The van der Waals surface area contributed by atoms with Crippen LogP contribution in [0.4, 0.5) is 4.79 Å². The van der Waals surface area contributed by atoms with Gasteiger partial charge in [0.2, 0.25) is 0 Å². The molecule has 2 fully saturated rings. The molecule has 0 aromatic rings. The molecule has 1 N–H and O–H groups in total. The molecule has 104 valence electrons. The van der Waals surface area contributed by atoms with E-state index >= 15 is 0 Å². The molecule has 0 radical (unpaired) electrons. The first kappa shape index (κ1) is 13.7. The van der Waals surface area contributed by atoms with Gasteiger partial charge in [-0.15, -0.1) is 0 Å². The largest absolute Gasteiger partial charge is 0.444 e. The van der Waals surface area contributed by atoms with Gasteiger partial charge in [-0.25, -0.2) is 4.79 Å². The standard InChI is InChI=1S/C14H25NO3/c1-13(2,3)18-12(17)15-10-14(6-4-7-14)8-5-11(15)9-16/h11,16H,4-10H2,1-3H3. The zero-order valence-corrected chi connectivity index (χ0v) is 11.7. The molecule has 1 amide bonds. The van der Waals surface area contributed by atoms with E-state index < -0.39 is 5.60 Å². The van der Waals surface area contributed by atoms with Crippen LogP contribution in [-0.2, 0) is 4.74 Å². The second-order valence-electron chi connectivity index (χ2n) is 6.84. The van der Waals surface area contributed by atoms with Gasteiger partial charge >= 0.3 is 6.09 Å². The molecule has 2 aliphatic rings. The van der Waals surface area contributed by atoms with Gasteiger partial charge in [-0.1, -0.05) is 6.42 Å². The number of hydrogen-bond donors (Lipinski definition) is 1. The normalized spacial score (nSPS) is 26.9. The predicted molar refractivity (Wildman–Crippen MR) is 69.3 cm³/mol. The molecule has 1 unspecified atom stereocenters. The summed E-state index contributed by atoms with van der Waals surface area (Å²) in [4.78, 5) is 14.0. The number of likely N-dealkylation sites (tertiary alicyclic amines) is 1. The molecular formula is C14H25NO3. The number of rotatable bonds is 1. The number of piperidine rings is 1. The van der Waals surface area contributed by atoms with Crippen molar-refractivity contribution in [3.63, 3.8) is 0 Å². The third-order valence-electron chi connectivity index (χ3n) is 4.21. The number of carbonyl (C=O) groups excluding carboxylic acids is 1. The quantitative estimate of drug-likeness (QED) is 0.783. The fourth-order valence-corrected chi connectivity index (χ4v) is 3.01. The van der Waals surface area contributed by atoms with Crippen molar-refractivity contribution in [2.75, 3.05) is 13.2 Å². The molecular weight excluding hydrogens is 230 g/mol. The molecule has 1 aliphatic heterocycles. The maximum absolute atomic E-state index is 12.2. The lowest BCUT2D eigenvalue weighted by Gasteiger charge is -2.51. The summed E-state index contributed by atoms with van der Waals surface area (Å²) >= 11 is 0. The van der Waals surface area contributed by atoms with E-state index in [0.717, 1.165) is 19.4 Å². The van der Waals surface area contributed by atoms with Crippen molar-refractivity contribution in [1.29, 1.82) is 0 Å². The lowest BCUT2D eigenvalue weighted by molar-refractivity contribution is -0.0450. The predicted octanol–water partition coefficient (Wildman–Crippen LogP) is 2.55. The number of ether oxygens (including phenoxy) is 1. The molecule has 0 aromatic heterocycles. The van der Waals surface area contributed by atoms with E-state index in [1.807, 2.05) is 20.8 Å². The minimum absolute atomic E-state index is 0.0370. The summed E-state index contributed by atoms with van der Waals surface area (Å²) in [6, 6.07) is -0.0638. The van der Waals surface area contributed by atoms with E-state index in [4.69, 9.17) is 4.74 Å². The number of aliphatic hydroxyl groups is 1. The number of aliphatic hydroxyl groups excluding tert-OH is 1. The Labute approximate surface area is 109 Å². The van der Waals surface area contributed by atoms with E-state index in [-0.39, 0.29) is 18.7 Å². The van der Waals surface area contributed by atoms with Crippen molar-refractivity contribution in [2.45, 2.75) is 64.5 Å². The minimum atomic E-state index is -0.471. The Hall–Kier alpha value is -0.770. The monoisotopic (exact) mass is 255 g/mol. The summed E-state index contributed by atoms with van der Waals surface area (Å²) in [5, 5.41) is 9.42. The van der Waals surface area contributed by atoms with Crippen LogP contribution < -0.4 is 0 Å². The van der Waals surface area contributed by atoms with E-state index in [2.05, 4.69) is 0 Å². The van der Waals surface area contributed by atoms with Gasteiger partial charge in [0, 0.05) is 6.54 Å². The zero-order chi connectivity index (χ0) is 13.4. The highest BCUT2D eigenvalue weighted by molar-refractivity contribution is 5.69. The highest BCUT2D eigenvalue weighted by atomic mass is 16.6. The molecule has 4 heteroatoms. The molecule has 18 heavy (non-hydrogen) atoms. The van der Waals surface area contributed by atoms with E-state index in [1.54, 1.807) is 4.90 Å². The fraction of sp³-hybridized carbons (Fsp3) is 0.929. The van der Waals surface area contributed by atoms with Crippen molar-refractivity contribution in [2.24, 2.45) is 5.41 Å². The van der Waals surface area contributed by atoms with Crippen molar-refractivity contribution in [3.8, 4) is 0 Å². The molecule has 0 aromatic carbocycles. The van der Waals surface area contributed by atoms with Gasteiger partial charge in [0.15, 0.2) is 0 Å². The Bertz CT molecular complexity index is 317. The maximum atomic E-state index is 12.2. The van der Waals surface area contributed by atoms with Crippen LogP contribution in [0.2, 0.25) is 0 Å². The van der Waals surface area contributed by atoms with Crippen LogP contribution in [0.1, 0.15) is 52.9 Å². The highest BCUT2D eigenvalue weighted by Crippen LogP contribution is 2.48. The topological polar surface area (TPSA) is 49.8 Å². The number of hydrogen-bond acceptors (Lipinski definition) is 3. The van der Waals surface area contributed by atoms with Crippen molar-refractivity contribution in [1.82, 2.24) is 4.90 Å². The minimum Gasteiger partial charge on any atom is -0.444 e. The molecule has 1 saturated carbocycles. The maximum Gasteiger partial charge on any atom is 0.410 e. The Morgan fingerprint density at radius 2 is 2.06 bits per heavy atom. The molecule has 4 nitrogen and oxygen atoms in total. The van der Waals surface area contributed by atoms with Crippen molar-refractivity contribution >= 4 is 6.09 Å². The Kier molecular flexibility index (Phi) is 3.58. The van der Waals surface area contributed by atoms with Crippen molar-refractivity contribution in [3.05, 3.63) is 0 Å². The summed E-state index contributed by atoms with van der Waals surface area (Å²) < 4.78 is 5.45. The third kappa shape index (κ3) is 2.79. The van der Waals surface area contributed by atoms with Gasteiger partial charge in [-0.3, -0.25) is 0 Å². The number of amides is 1. The average Bonchev–Trinajstić information content (AvgIpc) is 2.23. The summed E-state index contributed by atoms with van der Waals surface area (Å²) in [6.07, 6.45) is 5.46. The SMILES string of the molecule is CC(C)(C)OC(=O)N1CC2(CCC2)CCC1CO. The first-order valence-electron chi connectivity index (χ1n) is 6.96.